The van der Waals surface area contributed by atoms with Crippen LogP contribution in [0.3, 0.4) is 0 Å². The fourth-order valence-corrected chi connectivity index (χ4v) is 3.72. The van der Waals surface area contributed by atoms with E-state index in [1.807, 2.05) is 19.1 Å². The molecule has 1 heterocycles. The van der Waals surface area contributed by atoms with Gasteiger partial charge in [-0.05, 0) is 47.2 Å². The van der Waals surface area contributed by atoms with E-state index in [2.05, 4.69) is 11.1 Å². The first kappa shape index (κ1) is 14.4. The Morgan fingerprint density at radius 2 is 1.91 bits per heavy atom. The van der Waals surface area contributed by atoms with Gasteiger partial charge in [0, 0.05) is 19.4 Å². The normalized spacial score (nSPS) is 22.7. The lowest BCUT2D eigenvalue weighted by molar-refractivity contribution is 0.0713. The summed E-state index contributed by atoms with van der Waals surface area (Å²) < 4.78 is 33.1. The Hall–Kier alpha value is -2.23. The number of aliphatic imine (C=N–C) groups is 1. The molecule has 0 aromatic heterocycles. The summed E-state index contributed by atoms with van der Waals surface area (Å²) in [7, 11) is 0. The molecule has 1 atom stereocenters. The molecule has 1 aliphatic heterocycles. The van der Waals surface area contributed by atoms with Crippen molar-refractivity contribution in [2.24, 2.45) is 4.99 Å². The third-order valence-corrected chi connectivity index (χ3v) is 4.74. The van der Waals surface area contributed by atoms with Crippen molar-refractivity contribution in [3.8, 4) is 11.1 Å². The van der Waals surface area contributed by atoms with Crippen LogP contribution >= 0.6 is 0 Å². The van der Waals surface area contributed by atoms with E-state index in [0.29, 0.717) is 12.1 Å². The summed E-state index contributed by atoms with van der Waals surface area (Å²) >= 11 is 0. The number of ether oxygens (including phenoxy) is 1. The van der Waals surface area contributed by atoms with Crippen LogP contribution in [0.4, 0.5) is 8.78 Å². The van der Waals surface area contributed by atoms with Crippen molar-refractivity contribution in [1.29, 1.82) is 0 Å². The van der Waals surface area contributed by atoms with Crippen molar-refractivity contribution < 1.29 is 13.5 Å². The zero-order chi connectivity index (χ0) is 16.0. The van der Waals surface area contributed by atoms with Crippen LogP contribution in [0.15, 0.2) is 41.4 Å². The number of rotatable bonds is 1. The Morgan fingerprint density at radius 3 is 2.61 bits per heavy atom. The highest BCUT2D eigenvalue weighted by Gasteiger charge is 2.40. The zero-order valence-electron chi connectivity index (χ0n) is 12.9. The first-order valence-corrected chi connectivity index (χ1v) is 7.82. The minimum Gasteiger partial charge on any atom is -0.472 e. The molecule has 2 nitrogen and oxygen atoms in total. The van der Waals surface area contributed by atoms with Gasteiger partial charge in [-0.2, -0.15) is 0 Å². The molecule has 1 spiro atoms. The summed E-state index contributed by atoms with van der Waals surface area (Å²) in [4.78, 5) is 4.39. The Kier molecular flexibility index (Phi) is 3.22. The monoisotopic (exact) mass is 313 g/mol. The van der Waals surface area contributed by atoms with Gasteiger partial charge in [0.15, 0.2) is 5.90 Å². The first-order chi connectivity index (χ1) is 11.0. The molecule has 4 rings (SSSR count). The van der Waals surface area contributed by atoms with Gasteiger partial charge in [-0.25, -0.2) is 8.78 Å². The molecule has 0 amide bonds. The number of fused-ring (bicyclic) bond motifs is 1. The standard InChI is InChI=1S/C19H17F2NO/c1-12-22-11-19(23-12)6-5-18-13(10-19)3-2-4-17(18)14-7-15(20)9-16(21)8-14/h2-4,7-9H,5-6,10-11H2,1H3. The minimum atomic E-state index is -0.548. The van der Waals surface area contributed by atoms with Crippen LogP contribution < -0.4 is 0 Å². The van der Waals surface area contributed by atoms with Gasteiger partial charge >= 0.3 is 0 Å². The lowest BCUT2D eigenvalue weighted by Crippen LogP contribution is -2.39. The maximum absolute atomic E-state index is 13.6. The van der Waals surface area contributed by atoms with Gasteiger partial charge in [-0.15, -0.1) is 0 Å². The topological polar surface area (TPSA) is 21.6 Å². The van der Waals surface area contributed by atoms with Crippen LogP contribution in [0.25, 0.3) is 11.1 Å². The lowest BCUT2D eigenvalue weighted by Gasteiger charge is -2.34. The second-order valence-corrected chi connectivity index (χ2v) is 6.40. The third-order valence-electron chi connectivity index (χ3n) is 4.74. The highest BCUT2D eigenvalue weighted by molar-refractivity contribution is 5.76. The second kappa shape index (κ2) is 5.15. The van der Waals surface area contributed by atoms with E-state index >= 15 is 0 Å². The Bertz CT molecular complexity index is 795. The first-order valence-electron chi connectivity index (χ1n) is 7.82. The number of benzene rings is 2. The molecule has 118 valence electrons. The molecule has 1 unspecified atom stereocenters. The summed E-state index contributed by atoms with van der Waals surface area (Å²) in [5, 5.41) is 0. The van der Waals surface area contributed by atoms with Crippen molar-refractivity contribution in [2.75, 3.05) is 6.54 Å². The Morgan fingerprint density at radius 1 is 1.13 bits per heavy atom. The van der Waals surface area contributed by atoms with Crippen molar-refractivity contribution in [3.63, 3.8) is 0 Å². The second-order valence-electron chi connectivity index (χ2n) is 6.40. The highest BCUT2D eigenvalue weighted by Crippen LogP contribution is 2.39. The molecule has 0 saturated carbocycles. The van der Waals surface area contributed by atoms with Crippen LogP contribution in [-0.2, 0) is 17.6 Å². The van der Waals surface area contributed by atoms with Gasteiger partial charge in [-0.3, -0.25) is 4.99 Å². The molecule has 0 fully saturated rings. The van der Waals surface area contributed by atoms with Crippen molar-refractivity contribution >= 4 is 5.90 Å². The maximum atomic E-state index is 13.6. The van der Waals surface area contributed by atoms with Crippen LogP contribution in [0.2, 0.25) is 0 Å². The van der Waals surface area contributed by atoms with Gasteiger partial charge < -0.3 is 4.74 Å². The highest BCUT2D eigenvalue weighted by atomic mass is 19.1. The number of hydrogen-bond donors (Lipinski definition) is 0. The molecule has 1 aliphatic carbocycles. The predicted octanol–water partition coefficient (Wildman–Crippen LogP) is 4.31. The van der Waals surface area contributed by atoms with Crippen molar-refractivity contribution in [2.45, 2.75) is 31.8 Å². The molecule has 2 aromatic carbocycles. The quantitative estimate of drug-likeness (QED) is 0.769. The van der Waals surface area contributed by atoms with Gasteiger partial charge in [0.2, 0.25) is 0 Å². The van der Waals surface area contributed by atoms with Gasteiger partial charge in [0.1, 0.15) is 17.2 Å². The number of halogens is 2. The van der Waals surface area contributed by atoms with Gasteiger partial charge in [-0.1, -0.05) is 18.2 Å². The maximum Gasteiger partial charge on any atom is 0.180 e. The summed E-state index contributed by atoms with van der Waals surface area (Å²) in [6.45, 7) is 2.58. The third kappa shape index (κ3) is 2.52. The largest absolute Gasteiger partial charge is 0.472 e. The molecule has 23 heavy (non-hydrogen) atoms. The minimum absolute atomic E-state index is 0.233. The summed E-state index contributed by atoms with van der Waals surface area (Å²) in [5.74, 6) is -0.349. The smallest absolute Gasteiger partial charge is 0.180 e. The van der Waals surface area contributed by atoms with Gasteiger partial charge in [0.25, 0.3) is 0 Å². The molecule has 0 N–H and O–H groups in total. The van der Waals surface area contributed by atoms with E-state index in [9.17, 15) is 8.78 Å². The Labute approximate surface area is 133 Å². The average molecular weight is 313 g/mol. The molecule has 0 bridgehead atoms. The van der Waals surface area contributed by atoms with Gasteiger partial charge in [0.05, 0.1) is 6.54 Å². The average Bonchev–Trinajstić information content (AvgIpc) is 2.86. The van der Waals surface area contributed by atoms with E-state index in [4.69, 9.17) is 4.74 Å². The van der Waals surface area contributed by atoms with E-state index in [0.717, 1.165) is 42.4 Å². The summed E-state index contributed by atoms with van der Waals surface area (Å²) in [6.07, 6.45) is 2.48. The molecular formula is C19H17F2NO. The number of nitrogens with zero attached hydrogens (tertiary/aromatic N) is 1. The molecule has 2 aromatic rings. The SMILES string of the molecule is CC1=NCC2(CCc3c(cccc3-c3cc(F)cc(F)c3)C2)O1. The molecule has 2 aliphatic rings. The Balaban J connectivity index is 1.74. The van der Waals surface area contributed by atoms with E-state index in [-0.39, 0.29) is 5.60 Å². The fraction of sp³-hybridized carbons (Fsp3) is 0.316. The van der Waals surface area contributed by atoms with Crippen molar-refractivity contribution in [1.82, 2.24) is 0 Å². The van der Waals surface area contributed by atoms with Crippen molar-refractivity contribution in [3.05, 3.63) is 59.2 Å². The van der Waals surface area contributed by atoms with Crippen LogP contribution in [0.1, 0.15) is 24.5 Å². The molecule has 0 saturated heterocycles. The van der Waals surface area contributed by atoms with Crippen LogP contribution in [0.5, 0.6) is 0 Å². The summed E-state index contributed by atoms with van der Waals surface area (Å²) in [6, 6.07) is 9.64. The number of hydrogen-bond acceptors (Lipinski definition) is 2. The molecule has 0 radical (unpaired) electrons. The fourth-order valence-electron chi connectivity index (χ4n) is 3.72. The molecular weight excluding hydrogens is 296 g/mol. The van der Waals surface area contributed by atoms with E-state index < -0.39 is 11.6 Å². The van der Waals surface area contributed by atoms with E-state index in [1.54, 1.807) is 0 Å². The predicted molar refractivity (Wildman–Crippen MR) is 85.6 cm³/mol. The van der Waals surface area contributed by atoms with Crippen LogP contribution in [0, 0.1) is 11.6 Å². The molecule has 4 heteroatoms. The van der Waals surface area contributed by atoms with E-state index in [1.165, 1.54) is 17.7 Å². The van der Waals surface area contributed by atoms with Crippen LogP contribution in [-0.4, -0.2) is 18.0 Å². The zero-order valence-corrected chi connectivity index (χ0v) is 12.9. The lowest BCUT2D eigenvalue weighted by atomic mass is 9.78. The summed E-state index contributed by atoms with van der Waals surface area (Å²) in [5.41, 5.74) is 3.61.